The smallest absolute Gasteiger partial charge is 0.0186 e. The maximum atomic E-state index is 3.41. The maximum Gasteiger partial charge on any atom is 0.0186 e. The molecule has 1 aliphatic rings. The molecule has 0 amide bonds. The lowest BCUT2D eigenvalue weighted by Crippen LogP contribution is -2.22. The van der Waals surface area contributed by atoms with Crippen molar-refractivity contribution in [3.63, 3.8) is 0 Å². The van der Waals surface area contributed by atoms with Crippen molar-refractivity contribution in [3.05, 3.63) is 0 Å². The Bertz CT molecular complexity index is 52.4. The van der Waals surface area contributed by atoms with Gasteiger partial charge in [0.15, 0.2) is 0 Å². The highest BCUT2D eigenvalue weighted by molar-refractivity contribution is 9.09. The van der Waals surface area contributed by atoms with Crippen LogP contribution in [0.1, 0.15) is 12.8 Å². The molecule has 0 spiro atoms. The Kier molecular flexibility index (Phi) is 5.31. The molecule has 0 aromatic heterocycles. The Balaban J connectivity index is 0.000000490. The minimum absolute atomic E-state index is 0. The van der Waals surface area contributed by atoms with Crippen molar-refractivity contribution < 1.29 is 0 Å². The second kappa shape index (κ2) is 4.77. The van der Waals surface area contributed by atoms with Crippen molar-refractivity contribution in [2.45, 2.75) is 18.9 Å². The average molecular weight is 245 g/mol. The third kappa shape index (κ3) is 2.46. The Morgan fingerprint density at radius 2 is 2.38 bits per heavy atom. The molecule has 0 aromatic rings. The van der Waals surface area contributed by atoms with Crippen LogP contribution in [0.2, 0.25) is 0 Å². The Morgan fingerprint density at radius 1 is 1.62 bits per heavy atom. The highest BCUT2D eigenvalue weighted by Gasteiger charge is 2.10. The number of hydrogen-bond donors (Lipinski definition) is 1. The number of alkyl halides is 1. The largest absolute Gasteiger partial charge is 0.313 e. The van der Waals surface area contributed by atoms with E-state index in [0.29, 0.717) is 0 Å². The van der Waals surface area contributed by atoms with E-state index in [2.05, 4.69) is 21.2 Å². The number of rotatable bonds is 1. The molecular formula is C5H11Br2N. The van der Waals surface area contributed by atoms with Crippen molar-refractivity contribution in [2.75, 3.05) is 11.9 Å². The molecule has 1 atom stereocenters. The summed E-state index contributed by atoms with van der Waals surface area (Å²) in [6.07, 6.45) is 2.71. The van der Waals surface area contributed by atoms with Crippen molar-refractivity contribution in [3.8, 4) is 0 Å². The fourth-order valence-corrected chi connectivity index (χ4v) is 1.44. The second-order valence-corrected chi connectivity index (χ2v) is 2.60. The third-order valence-corrected chi connectivity index (χ3v) is 2.13. The summed E-state index contributed by atoms with van der Waals surface area (Å²) in [6, 6.07) is 0.764. The summed E-state index contributed by atoms with van der Waals surface area (Å²) in [7, 11) is 0. The summed E-state index contributed by atoms with van der Waals surface area (Å²) in [5, 5.41) is 4.48. The van der Waals surface area contributed by atoms with E-state index in [1.54, 1.807) is 0 Å². The summed E-state index contributed by atoms with van der Waals surface area (Å²) >= 11 is 3.41. The Labute approximate surface area is 69.1 Å². The lowest BCUT2D eigenvalue weighted by molar-refractivity contribution is 0.678. The zero-order chi connectivity index (χ0) is 5.11. The molecule has 1 nitrogen and oxygen atoms in total. The lowest BCUT2D eigenvalue weighted by Gasteiger charge is -2.00. The van der Waals surface area contributed by atoms with Gasteiger partial charge in [0.1, 0.15) is 0 Å². The van der Waals surface area contributed by atoms with E-state index in [1.807, 2.05) is 0 Å². The highest BCUT2D eigenvalue weighted by Crippen LogP contribution is 2.06. The van der Waals surface area contributed by atoms with Gasteiger partial charge in [-0.2, -0.15) is 0 Å². The first-order valence-electron chi connectivity index (χ1n) is 2.73. The molecule has 1 heterocycles. The van der Waals surface area contributed by atoms with Gasteiger partial charge in [-0.05, 0) is 19.4 Å². The quantitative estimate of drug-likeness (QED) is 0.693. The second-order valence-electron chi connectivity index (χ2n) is 1.95. The summed E-state index contributed by atoms with van der Waals surface area (Å²) in [4.78, 5) is 0. The summed E-state index contributed by atoms with van der Waals surface area (Å²) in [5.41, 5.74) is 0. The third-order valence-electron chi connectivity index (χ3n) is 1.35. The van der Waals surface area contributed by atoms with Crippen LogP contribution in [-0.2, 0) is 0 Å². The van der Waals surface area contributed by atoms with Crippen LogP contribution in [-0.4, -0.2) is 17.9 Å². The molecule has 1 rings (SSSR count). The van der Waals surface area contributed by atoms with E-state index < -0.39 is 0 Å². The molecule has 1 unspecified atom stereocenters. The first kappa shape index (κ1) is 8.92. The first-order chi connectivity index (χ1) is 3.43. The van der Waals surface area contributed by atoms with Crippen LogP contribution in [0.3, 0.4) is 0 Å². The van der Waals surface area contributed by atoms with Crippen LogP contribution in [0.5, 0.6) is 0 Å². The Morgan fingerprint density at radius 3 is 2.62 bits per heavy atom. The van der Waals surface area contributed by atoms with Gasteiger partial charge in [0.05, 0.1) is 0 Å². The molecule has 3 heteroatoms. The van der Waals surface area contributed by atoms with E-state index in [9.17, 15) is 0 Å². The van der Waals surface area contributed by atoms with E-state index in [0.717, 1.165) is 11.4 Å². The summed E-state index contributed by atoms with van der Waals surface area (Å²) in [5.74, 6) is 0. The van der Waals surface area contributed by atoms with Crippen LogP contribution in [0.25, 0.3) is 0 Å². The minimum atomic E-state index is 0. The Hall–Kier alpha value is 0.920. The molecule has 0 aliphatic carbocycles. The van der Waals surface area contributed by atoms with Gasteiger partial charge in [-0.3, -0.25) is 0 Å². The van der Waals surface area contributed by atoms with Gasteiger partial charge in [0, 0.05) is 11.4 Å². The van der Waals surface area contributed by atoms with Crippen LogP contribution in [0, 0.1) is 0 Å². The number of hydrogen-bond acceptors (Lipinski definition) is 1. The maximum absolute atomic E-state index is 3.41. The van der Waals surface area contributed by atoms with E-state index in [-0.39, 0.29) is 17.0 Å². The van der Waals surface area contributed by atoms with Crippen LogP contribution < -0.4 is 5.32 Å². The van der Waals surface area contributed by atoms with Crippen molar-refractivity contribution in [1.29, 1.82) is 0 Å². The molecule has 1 saturated heterocycles. The van der Waals surface area contributed by atoms with Gasteiger partial charge in [0.2, 0.25) is 0 Å². The normalized spacial score (nSPS) is 27.4. The predicted octanol–water partition coefficient (Wildman–Crippen LogP) is 1.71. The predicted molar refractivity (Wildman–Crippen MR) is 45.1 cm³/mol. The number of halogens is 2. The van der Waals surface area contributed by atoms with Gasteiger partial charge in [-0.15, -0.1) is 17.0 Å². The monoisotopic (exact) mass is 243 g/mol. The van der Waals surface area contributed by atoms with Crippen LogP contribution in [0.15, 0.2) is 0 Å². The molecule has 50 valence electrons. The standard InChI is InChI=1S/C5H10BrN.BrH/c6-4-5-2-1-3-7-5;/h5,7H,1-4H2;1H. The lowest BCUT2D eigenvalue weighted by atomic mass is 10.3. The fraction of sp³-hybridized carbons (Fsp3) is 1.00. The van der Waals surface area contributed by atoms with Crippen LogP contribution >= 0.6 is 32.9 Å². The SMILES string of the molecule is Br.BrCC1CCCN1. The first-order valence-corrected chi connectivity index (χ1v) is 3.85. The van der Waals surface area contributed by atoms with Crippen LogP contribution in [0.4, 0.5) is 0 Å². The van der Waals surface area contributed by atoms with Gasteiger partial charge in [-0.25, -0.2) is 0 Å². The molecule has 1 fully saturated rings. The molecule has 8 heavy (non-hydrogen) atoms. The molecule has 0 saturated carbocycles. The van der Waals surface area contributed by atoms with E-state index in [1.165, 1.54) is 19.4 Å². The average Bonchev–Trinajstić information content (AvgIpc) is 2.14. The minimum Gasteiger partial charge on any atom is -0.313 e. The van der Waals surface area contributed by atoms with E-state index in [4.69, 9.17) is 0 Å². The number of nitrogens with one attached hydrogen (secondary N) is 1. The van der Waals surface area contributed by atoms with Gasteiger partial charge < -0.3 is 5.32 Å². The van der Waals surface area contributed by atoms with Gasteiger partial charge in [-0.1, -0.05) is 15.9 Å². The van der Waals surface area contributed by atoms with Crippen molar-refractivity contribution in [2.24, 2.45) is 0 Å². The van der Waals surface area contributed by atoms with Crippen molar-refractivity contribution >= 4 is 32.9 Å². The van der Waals surface area contributed by atoms with Crippen molar-refractivity contribution in [1.82, 2.24) is 5.32 Å². The molecule has 1 aliphatic heterocycles. The fourth-order valence-electron chi connectivity index (χ4n) is 0.888. The summed E-state index contributed by atoms with van der Waals surface area (Å²) in [6.45, 7) is 1.22. The topological polar surface area (TPSA) is 12.0 Å². The molecule has 1 N–H and O–H groups in total. The molecular weight excluding hydrogens is 234 g/mol. The summed E-state index contributed by atoms with van der Waals surface area (Å²) < 4.78 is 0. The van der Waals surface area contributed by atoms with Gasteiger partial charge >= 0.3 is 0 Å². The molecule has 0 bridgehead atoms. The highest BCUT2D eigenvalue weighted by atomic mass is 79.9. The zero-order valence-corrected chi connectivity index (χ0v) is 7.99. The van der Waals surface area contributed by atoms with Gasteiger partial charge in [0.25, 0.3) is 0 Å². The zero-order valence-electron chi connectivity index (χ0n) is 4.69. The van der Waals surface area contributed by atoms with E-state index >= 15 is 0 Å². The molecule has 0 radical (unpaired) electrons. The molecule has 0 aromatic carbocycles.